The van der Waals surface area contributed by atoms with E-state index in [0.29, 0.717) is 6.04 Å². The lowest BCUT2D eigenvalue weighted by Crippen LogP contribution is -2.42. The van der Waals surface area contributed by atoms with Crippen molar-refractivity contribution in [3.63, 3.8) is 0 Å². The van der Waals surface area contributed by atoms with E-state index in [9.17, 15) is 0 Å². The average molecular weight is 206 g/mol. The Bertz CT molecular complexity index is 332. The summed E-state index contributed by atoms with van der Waals surface area (Å²) in [6.07, 6.45) is 0. The highest BCUT2D eigenvalue weighted by molar-refractivity contribution is 5.37. The summed E-state index contributed by atoms with van der Waals surface area (Å²) in [7, 11) is 1.71. The molecule has 1 aromatic rings. The molecule has 1 aromatic carbocycles. The van der Waals surface area contributed by atoms with Crippen molar-refractivity contribution in [1.82, 2.24) is 10.6 Å². The van der Waals surface area contributed by atoms with Crippen LogP contribution >= 0.6 is 0 Å². The van der Waals surface area contributed by atoms with Gasteiger partial charge in [-0.25, -0.2) is 0 Å². The normalized spacial score (nSPS) is 21.3. The number of methoxy groups -OCH3 is 1. The fourth-order valence-electron chi connectivity index (χ4n) is 2.01. The minimum Gasteiger partial charge on any atom is -0.496 e. The summed E-state index contributed by atoms with van der Waals surface area (Å²) in [5, 5.41) is 6.88. The Labute approximate surface area is 90.8 Å². The van der Waals surface area contributed by atoms with Crippen LogP contribution in [-0.2, 0) is 0 Å². The molecular weight excluding hydrogens is 188 g/mol. The second kappa shape index (κ2) is 4.64. The van der Waals surface area contributed by atoms with Crippen LogP contribution in [0.2, 0.25) is 0 Å². The van der Waals surface area contributed by atoms with Gasteiger partial charge < -0.3 is 15.4 Å². The summed E-state index contributed by atoms with van der Waals surface area (Å²) < 4.78 is 5.25. The first-order chi connectivity index (χ1) is 7.31. The zero-order valence-electron chi connectivity index (χ0n) is 9.34. The molecule has 82 valence electrons. The maximum absolute atomic E-state index is 5.25. The van der Waals surface area contributed by atoms with Crippen LogP contribution in [0.3, 0.4) is 0 Å². The van der Waals surface area contributed by atoms with Gasteiger partial charge in [-0.3, -0.25) is 0 Å². The molecular formula is C12H18N2O. The molecule has 3 heteroatoms. The first-order valence-corrected chi connectivity index (χ1v) is 5.40. The third kappa shape index (κ3) is 2.30. The van der Waals surface area contributed by atoms with E-state index >= 15 is 0 Å². The van der Waals surface area contributed by atoms with E-state index < -0.39 is 0 Å². The lowest BCUT2D eigenvalue weighted by atomic mass is 10.0. The summed E-state index contributed by atoms with van der Waals surface area (Å²) in [5.74, 6) is 0.961. The Kier molecular flexibility index (Phi) is 3.23. The van der Waals surface area contributed by atoms with Crippen molar-refractivity contribution in [3.05, 3.63) is 29.3 Å². The molecule has 1 saturated heterocycles. The number of nitrogens with one attached hydrogen (secondary N) is 2. The van der Waals surface area contributed by atoms with Gasteiger partial charge in [-0.2, -0.15) is 0 Å². The number of hydrogen-bond acceptors (Lipinski definition) is 3. The smallest absolute Gasteiger partial charge is 0.121 e. The summed E-state index contributed by atoms with van der Waals surface area (Å²) in [6.45, 7) is 5.19. The van der Waals surface area contributed by atoms with Crippen molar-refractivity contribution in [2.45, 2.75) is 13.0 Å². The van der Waals surface area contributed by atoms with E-state index in [0.717, 1.165) is 25.4 Å². The summed E-state index contributed by atoms with van der Waals surface area (Å²) >= 11 is 0. The molecule has 0 aromatic heterocycles. The largest absolute Gasteiger partial charge is 0.496 e. The van der Waals surface area contributed by atoms with Crippen molar-refractivity contribution in [1.29, 1.82) is 0 Å². The third-order valence-corrected chi connectivity index (χ3v) is 2.86. The fraction of sp³-hybridized carbons (Fsp3) is 0.500. The molecule has 3 nitrogen and oxygen atoms in total. The molecule has 0 radical (unpaired) electrons. The summed E-state index contributed by atoms with van der Waals surface area (Å²) in [4.78, 5) is 0. The van der Waals surface area contributed by atoms with Gasteiger partial charge in [0.25, 0.3) is 0 Å². The van der Waals surface area contributed by atoms with Gasteiger partial charge in [0.05, 0.1) is 7.11 Å². The zero-order chi connectivity index (χ0) is 10.7. The number of hydrogen-bond donors (Lipinski definition) is 2. The van der Waals surface area contributed by atoms with Crippen LogP contribution in [-0.4, -0.2) is 26.7 Å². The van der Waals surface area contributed by atoms with Crippen LogP contribution in [0.1, 0.15) is 17.2 Å². The van der Waals surface area contributed by atoms with Crippen LogP contribution in [0.5, 0.6) is 5.75 Å². The van der Waals surface area contributed by atoms with Crippen molar-refractivity contribution in [2.75, 3.05) is 26.7 Å². The molecule has 1 atom stereocenters. The predicted octanol–water partition coefficient (Wildman–Crippen LogP) is 1.24. The lowest BCUT2D eigenvalue weighted by Gasteiger charge is -2.25. The van der Waals surface area contributed by atoms with Crippen LogP contribution in [0.25, 0.3) is 0 Å². The van der Waals surface area contributed by atoms with Gasteiger partial charge in [-0.1, -0.05) is 12.1 Å². The monoisotopic (exact) mass is 206 g/mol. The van der Waals surface area contributed by atoms with E-state index in [4.69, 9.17) is 4.74 Å². The molecule has 15 heavy (non-hydrogen) atoms. The van der Waals surface area contributed by atoms with Crippen LogP contribution < -0.4 is 15.4 Å². The Balaban J connectivity index is 2.17. The molecule has 0 aliphatic carbocycles. The molecule has 2 N–H and O–H groups in total. The van der Waals surface area contributed by atoms with Crippen LogP contribution in [0.4, 0.5) is 0 Å². The van der Waals surface area contributed by atoms with Crippen LogP contribution in [0.15, 0.2) is 18.2 Å². The van der Waals surface area contributed by atoms with Crippen molar-refractivity contribution in [3.8, 4) is 5.75 Å². The predicted molar refractivity (Wildman–Crippen MR) is 61.3 cm³/mol. The highest BCUT2D eigenvalue weighted by Crippen LogP contribution is 2.22. The number of rotatable bonds is 2. The van der Waals surface area contributed by atoms with Gasteiger partial charge >= 0.3 is 0 Å². The number of benzene rings is 1. The second-order valence-corrected chi connectivity index (χ2v) is 3.94. The van der Waals surface area contributed by atoms with E-state index in [-0.39, 0.29) is 0 Å². The molecule has 0 unspecified atom stereocenters. The summed E-state index contributed by atoms with van der Waals surface area (Å²) in [6, 6.07) is 6.81. The quantitative estimate of drug-likeness (QED) is 0.763. The van der Waals surface area contributed by atoms with E-state index in [1.807, 2.05) is 6.07 Å². The van der Waals surface area contributed by atoms with Gasteiger partial charge in [0, 0.05) is 25.7 Å². The summed E-state index contributed by atoms with van der Waals surface area (Å²) in [5.41, 5.74) is 2.53. The SMILES string of the molecule is COc1ccc([C@H]2CNCCN2)cc1C. The first kappa shape index (κ1) is 10.5. The molecule has 1 heterocycles. The molecule has 1 aliphatic heterocycles. The molecule has 1 fully saturated rings. The lowest BCUT2D eigenvalue weighted by molar-refractivity contribution is 0.409. The van der Waals surface area contributed by atoms with E-state index in [1.165, 1.54) is 11.1 Å². The highest BCUT2D eigenvalue weighted by atomic mass is 16.5. The second-order valence-electron chi connectivity index (χ2n) is 3.94. The average Bonchev–Trinajstić information content (AvgIpc) is 2.30. The highest BCUT2D eigenvalue weighted by Gasteiger charge is 2.14. The number of aryl methyl sites for hydroxylation is 1. The van der Waals surface area contributed by atoms with Gasteiger partial charge in [-0.05, 0) is 24.1 Å². The molecule has 1 aliphatic rings. The maximum atomic E-state index is 5.25. The van der Waals surface area contributed by atoms with Crippen molar-refractivity contribution in [2.24, 2.45) is 0 Å². The van der Waals surface area contributed by atoms with Crippen molar-refractivity contribution < 1.29 is 4.74 Å². The Morgan fingerprint density at radius 3 is 2.80 bits per heavy atom. The Morgan fingerprint density at radius 1 is 1.33 bits per heavy atom. The minimum absolute atomic E-state index is 0.434. The van der Waals surface area contributed by atoms with Crippen molar-refractivity contribution >= 4 is 0 Å². The third-order valence-electron chi connectivity index (χ3n) is 2.86. The molecule has 2 rings (SSSR count). The first-order valence-electron chi connectivity index (χ1n) is 5.40. The maximum Gasteiger partial charge on any atom is 0.121 e. The zero-order valence-corrected chi connectivity index (χ0v) is 9.34. The Hall–Kier alpha value is -1.06. The topological polar surface area (TPSA) is 33.3 Å². The molecule has 0 spiro atoms. The Morgan fingerprint density at radius 2 is 2.20 bits per heavy atom. The van der Waals surface area contributed by atoms with Crippen LogP contribution in [0, 0.1) is 6.92 Å². The van der Waals surface area contributed by atoms with Gasteiger partial charge in [0.2, 0.25) is 0 Å². The van der Waals surface area contributed by atoms with Gasteiger partial charge in [-0.15, -0.1) is 0 Å². The molecule has 0 bridgehead atoms. The minimum atomic E-state index is 0.434. The number of ether oxygens (including phenoxy) is 1. The van der Waals surface area contributed by atoms with E-state index in [2.05, 4.69) is 29.7 Å². The molecule has 0 saturated carbocycles. The van der Waals surface area contributed by atoms with Gasteiger partial charge in [0.1, 0.15) is 5.75 Å². The molecule has 0 amide bonds. The fourth-order valence-corrected chi connectivity index (χ4v) is 2.01. The van der Waals surface area contributed by atoms with E-state index in [1.54, 1.807) is 7.11 Å². The standard InChI is InChI=1S/C12H18N2O/c1-9-7-10(3-4-12(9)15-2)11-8-13-5-6-14-11/h3-4,7,11,13-14H,5-6,8H2,1-2H3/t11-/m1/s1. The number of piperazine rings is 1. The van der Waals surface area contributed by atoms with Gasteiger partial charge in [0.15, 0.2) is 0 Å².